The molecule has 1 aliphatic heterocycles. The van der Waals surface area contributed by atoms with Gasteiger partial charge in [-0.3, -0.25) is 24.1 Å². The number of nitrogens with zero attached hydrogens (tertiary/aromatic N) is 2. The number of fused-ring (bicyclic) bond motifs is 1. The van der Waals surface area contributed by atoms with Gasteiger partial charge in [0.15, 0.2) is 0 Å². The predicted octanol–water partition coefficient (Wildman–Crippen LogP) is 0.576. The Morgan fingerprint density at radius 1 is 1.00 bits per heavy atom. The van der Waals surface area contributed by atoms with Gasteiger partial charge in [0.25, 0.3) is 23.3 Å². The van der Waals surface area contributed by atoms with E-state index in [0.717, 1.165) is 0 Å². The molecule has 3 rings (SSSR count). The molecule has 1 aromatic heterocycles. The second-order valence-electron chi connectivity index (χ2n) is 5.58. The van der Waals surface area contributed by atoms with Crippen LogP contribution in [0, 0.1) is 0 Å². The van der Waals surface area contributed by atoms with Crippen molar-refractivity contribution in [3.63, 3.8) is 0 Å². The third-order valence-electron chi connectivity index (χ3n) is 3.88. The SMILES string of the molecule is O=C(NCCCCN1C(=O)c2ccccc2C1=O)c1ccc(=O)[nH]n1. The molecule has 0 bridgehead atoms. The molecule has 128 valence electrons. The number of carbonyl (C=O) groups excluding carboxylic acids is 3. The number of benzene rings is 1. The van der Waals surface area contributed by atoms with Gasteiger partial charge >= 0.3 is 0 Å². The van der Waals surface area contributed by atoms with E-state index in [1.54, 1.807) is 24.3 Å². The second kappa shape index (κ2) is 7.08. The van der Waals surface area contributed by atoms with Gasteiger partial charge in [-0.2, -0.15) is 5.10 Å². The summed E-state index contributed by atoms with van der Waals surface area (Å²) in [6.45, 7) is 0.682. The summed E-state index contributed by atoms with van der Waals surface area (Å²) in [5, 5.41) is 8.50. The maximum Gasteiger partial charge on any atom is 0.271 e. The predicted molar refractivity (Wildman–Crippen MR) is 88.2 cm³/mol. The van der Waals surface area contributed by atoms with Crippen molar-refractivity contribution in [3.05, 3.63) is 63.6 Å². The lowest BCUT2D eigenvalue weighted by Crippen LogP contribution is -2.31. The number of amides is 3. The number of carbonyl (C=O) groups is 3. The third kappa shape index (κ3) is 3.47. The normalized spacial score (nSPS) is 13.0. The van der Waals surface area contributed by atoms with Gasteiger partial charge in [-0.25, -0.2) is 5.10 Å². The average Bonchev–Trinajstić information content (AvgIpc) is 2.87. The summed E-state index contributed by atoms with van der Waals surface area (Å²) in [5.41, 5.74) is 0.618. The summed E-state index contributed by atoms with van der Waals surface area (Å²) < 4.78 is 0. The van der Waals surface area contributed by atoms with Crippen molar-refractivity contribution in [2.24, 2.45) is 0 Å². The molecular formula is C17H16N4O4. The molecule has 2 aromatic rings. The van der Waals surface area contributed by atoms with Gasteiger partial charge in [0, 0.05) is 19.2 Å². The van der Waals surface area contributed by atoms with Crippen LogP contribution in [0.5, 0.6) is 0 Å². The molecule has 2 heterocycles. The molecule has 0 spiro atoms. The van der Waals surface area contributed by atoms with Crippen molar-refractivity contribution in [2.45, 2.75) is 12.8 Å². The fourth-order valence-electron chi connectivity index (χ4n) is 2.60. The van der Waals surface area contributed by atoms with E-state index in [1.807, 2.05) is 0 Å². The summed E-state index contributed by atoms with van der Waals surface area (Å²) >= 11 is 0. The average molecular weight is 340 g/mol. The number of aromatic amines is 1. The van der Waals surface area contributed by atoms with Crippen LogP contribution in [0.2, 0.25) is 0 Å². The van der Waals surface area contributed by atoms with Crippen LogP contribution >= 0.6 is 0 Å². The Morgan fingerprint density at radius 3 is 2.28 bits per heavy atom. The zero-order chi connectivity index (χ0) is 17.8. The van der Waals surface area contributed by atoms with Gasteiger partial charge in [0.05, 0.1) is 11.1 Å². The Hall–Kier alpha value is -3.29. The van der Waals surface area contributed by atoms with Crippen LogP contribution in [0.15, 0.2) is 41.2 Å². The Morgan fingerprint density at radius 2 is 1.68 bits per heavy atom. The van der Waals surface area contributed by atoms with E-state index in [1.165, 1.54) is 17.0 Å². The van der Waals surface area contributed by atoms with Crippen LogP contribution < -0.4 is 10.9 Å². The maximum atomic E-state index is 12.2. The molecule has 1 aromatic carbocycles. The Balaban J connectivity index is 1.44. The first kappa shape index (κ1) is 16.6. The van der Waals surface area contributed by atoms with Gasteiger partial charge in [0.2, 0.25) is 0 Å². The van der Waals surface area contributed by atoms with Gasteiger partial charge in [-0.05, 0) is 31.0 Å². The molecule has 8 heteroatoms. The highest BCUT2D eigenvalue weighted by Gasteiger charge is 2.34. The molecule has 8 nitrogen and oxygen atoms in total. The van der Waals surface area contributed by atoms with Gasteiger partial charge in [-0.15, -0.1) is 0 Å². The first-order chi connectivity index (χ1) is 12.1. The number of imide groups is 1. The summed E-state index contributed by atoms with van der Waals surface area (Å²) in [7, 11) is 0. The van der Waals surface area contributed by atoms with E-state index in [9.17, 15) is 19.2 Å². The lowest BCUT2D eigenvalue weighted by molar-refractivity contribution is 0.0650. The van der Waals surface area contributed by atoms with Crippen molar-refractivity contribution in [3.8, 4) is 0 Å². The molecule has 0 saturated carbocycles. The first-order valence-corrected chi connectivity index (χ1v) is 7.87. The molecule has 0 radical (unpaired) electrons. The van der Waals surface area contributed by atoms with Crippen molar-refractivity contribution < 1.29 is 14.4 Å². The minimum Gasteiger partial charge on any atom is -0.351 e. The van der Waals surface area contributed by atoms with E-state index in [-0.39, 0.29) is 23.1 Å². The van der Waals surface area contributed by atoms with Crippen molar-refractivity contribution in [2.75, 3.05) is 13.1 Å². The molecule has 1 aliphatic rings. The highest BCUT2D eigenvalue weighted by molar-refractivity contribution is 6.21. The van der Waals surface area contributed by atoms with Crippen LogP contribution in [-0.4, -0.2) is 45.9 Å². The van der Waals surface area contributed by atoms with E-state index >= 15 is 0 Å². The van der Waals surface area contributed by atoms with Crippen LogP contribution in [0.4, 0.5) is 0 Å². The van der Waals surface area contributed by atoms with Crippen LogP contribution in [0.1, 0.15) is 44.0 Å². The molecule has 25 heavy (non-hydrogen) atoms. The number of aromatic nitrogens is 2. The Kier molecular flexibility index (Phi) is 4.69. The lowest BCUT2D eigenvalue weighted by Gasteiger charge is -2.13. The Labute approximate surface area is 142 Å². The maximum absolute atomic E-state index is 12.2. The highest BCUT2D eigenvalue weighted by atomic mass is 16.2. The number of unbranched alkanes of at least 4 members (excludes halogenated alkanes) is 1. The lowest BCUT2D eigenvalue weighted by atomic mass is 10.1. The third-order valence-corrected chi connectivity index (χ3v) is 3.88. The van der Waals surface area contributed by atoms with Crippen LogP contribution in [0.25, 0.3) is 0 Å². The van der Waals surface area contributed by atoms with E-state index in [2.05, 4.69) is 15.5 Å². The Bertz CT molecular complexity index is 835. The quantitative estimate of drug-likeness (QED) is 0.590. The molecule has 0 unspecified atom stereocenters. The molecule has 3 amide bonds. The molecule has 0 saturated heterocycles. The minimum absolute atomic E-state index is 0.125. The smallest absolute Gasteiger partial charge is 0.271 e. The van der Waals surface area contributed by atoms with Gasteiger partial charge < -0.3 is 5.32 Å². The minimum atomic E-state index is -0.392. The number of H-pyrrole nitrogens is 1. The number of hydrogen-bond acceptors (Lipinski definition) is 5. The zero-order valence-corrected chi connectivity index (χ0v) is 13.3. The van der Waals surface area contributed by atoms with Gasteiger partial charge in [0.1, 0.15) is 5.69 Å². The molecule has 2 N–H and O–H groups in total. The van der Waals surface area contributed by atoms with E-state index in [4.69, 9.17) is 0 Å². The summed E-state index contributed by atoms with van der Waals surface area (Å²) in [6, 6.07) is 9.32. The van der Waals surface area contributed by atoms with Crippen molar-refractivity contribution >= 4 is 17.7 Å². The van der Waals surface area contributed by atoms with E-state index in [0.29, 0.717) is 37.1 Å². The summed E-state index contributed by atoms with van der Waals surface area (Å²) in [6.07, 6.45) is 1.17. The number of hydrogen-bond donors (Lipinski definition) is 2. The first-order valence-electron chi connectivity index (χ1n) is 7.87. The molecular weight excluding hydrogens is 324 g/mol. The zero-order valence-electron chi connectivity index (χ0n) is 13.3. The van der Waals surface area contributed by atoms with Crippen molar-refractivity contribution in [1.82, 2.24) is 20.4 Å². The largest absolute Gasteiger partial charge is 0.351 e. The van der Waals surface area contributed by atoms with Gasteiger partial charge in [-0.1, -0.05) is 12.1 Å². The van der Waals surface area contributed by atoms with Crippen LogP contribution in [-0.2, 0) is 0 Å². The summed E-state index contributed by atoms with van der Waals surface area (Å²) in [5.74, 6) is -0.943. The molecule has 0 aliphatic carbocycles. The molecule has 0 fully saturated rings. The standard InChI is InChI=1S/C17H16N4O4/c22-14-8-7-13(19-20-14)15(23)18-9-3-4-10-21-16(24)11-5-1-2-6-12(11)17(21)25/h1-2,5-8H,3-4,9-10H2,(H,18,23)(H,20,22). The monoisotopic (exact) mass is 340 g/mol. The fraction of sp³-hybridized carbons (Fsp3) is 0.235. The van der Waals surface area contributed by atoms with Crippen molar-refractivity contribution in [1.29, 1.82) is 0 Å². The topological polar surface area (TPSA) is 112 Å². The molecule has 0 atom stereocenters. The van der Waals surface area contributed by atoms with E-state index < -0.39 is 5.91 Å². The summed E-state index contributed by atoms with van der Waals surface area (Å²) in [4.78, 5) is 48.3. The number of rotatable bonds is 6. The number of nitrogens with one attached hydrogen (secondary N) is 2. The van der Waals surface area contributed by atoms with Crippen LogP contribution in [0.3, 0.4) is 0 Å². The highest BCUT2D eigenvalue weighted by Crippen LogP contribution is 2.22. The second-order valence-corrected chi connectivity index (χ2v) is 5.58. The fourth-order valence-corrected chi connectivity index (χ4v) is 2.60.